The third-order valence-electron chi connectivity index (χ3n) is 5.12. The van der Waals surface area contributed by atoms with Crippen LogP contribution >= 0.6 is 22.9 Å². The minimum Gasteiger partial charge on any atom is -0.463 e. The van der Waals surface area contributed by atoms with E-state index >= 15 is 0 Å². The van der Waals surface area contributed by atoms with Gasteiger partial charge in [0.05, 0.1) is 28.5 Å². The highest BCUT2D eigenvalue weighted by Crippen LogP contribution is 2.31. The zero-order valence-electron chi connectivity index (χ0n) is 18.7. The summed E-state index contributed by atoms with van der Waals surface area (Å²) in [4.78, 5) is 42.7. The van der Waals surface area contributed by atoms with Gasteiger partial charge in [-0.15, -0.1) is 0 Å². The molecule has 1 aliphatic rings. The summed E-state index contributed by atoms with van der Waals surface area (Å²) in [6.45, 7) is 4.98. The van der Waals surface area contributed by atoms with Crippen molar-refractivity contribution >= 4 is 41.0 Å². The molecule has 0 fully saturated rings. The summed E-state index contributed by atoms with van der Waals surface area (Å²) in [7, 11) is 0. The van der Waals surface area contributed by atoms with Crippen molar-refractivity contribution in [3.05, 3.63) is 95.6 Å². The van der Waals surface area contributed by atoms with Crippen molar-refractivity contribution < 1.29 is 19.1 Å². The van der Waals surface area contributed by atoms with Gasteiger partial charge < -0.3 is 9.47 Å². The lowest BCUT2D eigenvalue weighted by atomic mass is 9.96. The van der Waals surface area contributed by atoms with E-state index in [2.05, 4.69) is 4.99 Å². The first-order chi connectivity index (χ1) is 16.3. The topological polar surface area (TPSA) is 87.0 Å². The number of carbonyl (C=O) groups excluding carboxylic acids is 2. The number of hydrogen-bond donors (Lipinski definition) is 0. The lowest BCUT2D eigenvalue weighted by Gasteiger charge is -2.24. The van der Waals surface area contributed by atoms with E-state index in [1.807, 2.05) is 0 Å². The fraction of sp³-hybridized carbons (Fsp3) is 0.200. The first kappa shape index (κ1) is 23.7. The Bertz CT molecular complexity index is 1480. The Morgan fingerprint density at radius 2 is 1.94 bits per heavy atom. The average Bonchev–Trinajstić information content (AvgIpc) is 3.08. The largest absolute Gasteiger partial charge is 0.463 e. The van der Waals surface area contributed by atoms with E-state index in [1.165, 1.54) is 22.8 Å². The quantitative estimate of drug-likeness (QED) is 0.399. The van der Waals surface area contributed by atoms with Gasteiger partial charge in [-0.25, -0.2) is 9.79 Å². The molecule has 0 saturated carbocycles. The number of nitrogens with zero attached hydrogens (tertiary/aromatic N) is 2. The summed E-state index contributed by atoms with van der Waals surface area (Å²) in [5.41, 5.74) is 1.90. The molecule has 4 rings (SSSR count). The van der Waals surface area contributed by atoms with Gasteiger partial charge in [0.25, 0.3) is 5.56 Å². The number of rotatable bonds is 5. The zero-order valence-corrected chi connectivity index (χ0v) is 20.3. The number of aromatic nitrogens is 1. The smallest absolute Gasteiger partial charge is 0.338 e. The van der Waals surface area contributed by atoms with Crippen LogP contribution in [0.1, 0.15) is 37.9 Å². The highest BCUT2D eigenvalue weighted by atomic mass is 35.5. The molecular formula is C25H21ClN2O5S. The molecule has 3 aromatic rings. The lowest BCUT2D eigenvalue weighted by Crippen LogP contribution is -2.39. The van der Waals surface area contributed by atoms with E-state index in [9.17, 15) is 14.4 Å². The van der Waals surface area contributed by atoms with Crippen molar-refractivity contribution in [2.75, 3.05) is 6.61 Å². The van der Waals surface area contributed by atoms with Crippen LogP contribution in [0.25, 0.3) is 6.08 Å². The van der Waals surface area contributed by atoms with Gasteiger partial charge in [-0.05, 0) is 55.3 Å². The summed E-state index contributed by atoms with van der Waals surface area (Å²) in [5, 5.41) is 0.544. The van der Waals surface area contributed by atoms with Crippen LogP contribution in [0.3, 0.4) is 0 Å². The number of ether oxygens (including phenoxy) is 2. The molecule has 0 aliphatic carbocycles. The van der Waals surface area contributed by atoms with Crippen molar-refractivity contribution in [1.82, 2.24) is 4.57 Å². The minimum absolute atomic E-state index is 0.200. The molecule has 1 unspecified atom stereocenters. The summed E-state index contributed by atoms with van der Waals surface area (Å²) in [6, 6.07) is 13.2. The number of benzene rings is 2. The lowest BCUT2D eigenvalue weighted by molar-refractivity contribution is -0.139. The molecule has 7 nitrogen and oxygen atoms in total. The number of thiazole rings is 1. The van der Waals surface area contributed by atoms with Crippen LogP contribution in [-0.4, -0.2) is 23.1 Å². The van der Waals surface area contributed by atoms with Crippen LogP contribution < -0.4 is 19.6 Å². The number of esters is 2. The maximum absolute atomic E-state index is 13.6. The van der Waals surface area contributed by atoms with Crippen LogP contribution in [0.15, 0.2) is 69.6 Å². The molecule has 1 atom stereocenters. The predicted molar refractivity (Wildman–Crippen MR) is 130 cm³/mol. The first-order valence-corrected chi connectivity index (χ1v) is 11.7. The predicted octanol–water partition coefficient (Wildman–Crippen LogP) is 3.38. The maximum Gasteiger partial charge on any atom is 0.338 e. The molecule has 2 aromatic carbocycles. The zero-order chi connectivity index (χ0) is 24.4. The second-order valence-electron chi connectivity index (χ2n) is 7.52. The number of allylic oxidation sites excluding steroid dienone is 1. The molecule has 0 spiro atoms. The molecule has 2 heterocycles. The van der Waals surface area contributed by atoms with Gasteiger partial charge in [-0.2, -0.15) is 0 Å². The molecule has 0 radical (unpaired) electrons. The van der Waals surface area contributed by atoms with Crippen molar-refractivity contribution in [1.29, 1.82) is 0 Å². The normalized spacial score (nSPS) is 15.5. The SMILES string of the molecule is CCOC(=O)C1=C(C)N=c2s/c(=C\c3cccc(OC(C)=O)c3)c(=O)n2C1c1ccc(Cl)cc1. The highest BCUT2D eigenvalue weighted by Gasteiger charge is 2.33. The van der Waals surface area contributed by atoms with E-state index in [-0.39, 0.29) is 12.2 Å². The molecule has 0 saturated heterocycles. The molecule has 34 heavy (non-hydrogen) atoms. The second-order valence-corrected chi connectivity index (χ2v) is 8.97. The van der Waals surface area contributed by atoms with Gasteiger partial charge in [-0.1, -0.05) is 47.2 Å². The van der Waals surface area contributed by atoms with Gasteiger partial charge in [-0.3, -0.25) is 14.2 Å². The maximum atomic E-state index is 13.6. The Balaban J connectivity index is 1.90. The molecule has 0 amide bonds. The van der Waals surface area contributed by atoms with Crippen LogP contribution in [0.4, 0.5) is 0 Å². The van der Waals surface area contributed by atoms with Crippen molar-refractivity contribution in [3.8, 4) is 5.75 Å². The average molecular weight is 497 g/mol. The Hall–Kier alpha value is -3.49. The number of hydrogen-bond acceptors (Lipinski definition) is 7. The van der Waals surface area contributed by atoms with Gasteiger partial charge in [0.15, 0.2) is 4.80 Å². The standard InChI is InChI=1S/C25H21ClN2O5S/c1-4-32-24(31)21-14(2)27-25-28(22(21)17-8-10-18(26)11-9-17)23(30)20(34-25)13-16-6-5-7-19(12-16)33-15(3)29/h5-13,22H,4H2,1-3H3/b20-13-. The molecule has 1 aromatic heterocycles. The Labute approximate surface area is 204 Å². The molecular weight excluding hydrogens is 476 g/mol. The van der Waals surface area contributed by atoms with Crippen molar-refractivity contribution in [2.24, 2.45) is 4.99 Å². The number of carbonyl (C=O) groups is 2. The highest BCUT2D eigenvalue weighted by molar-refractivity contribution is 7.07. The summed E-state index contributed by atoms with van der Waals surface area (Å²) in [5.74, 6) is -0.568. The van der Waals surface area contributed by atoms with E-state index in [4.69, 9.17) is 21.1 Å². The number of fused-ring (bicyclic) bond motifs is 1. The van der Waals surface area contributed by atoms with E-state index < -0.39 is 18.0 Å². The van der Waals surface area contributed by atoms with Gasteiger partial charge in [0.2, 0.25) is 0 Å². The van der Waals surface area contributed by atoms with E-state index in [0.29, 0.717) is 42.5 Å². The minimum atomic E-state index is -0.706. The molecule has 0 N–H and O–H groups in total. The Morgan fingerprint density at radius 1 is 1.21 bits per heavy atom. The van der Waals surface area contributed by atoms with Crippen LogP contribution in [0.2, 0.25) is 5.02 Å². The fourth-order valence-electron chi connectivity index (χ4n) is 3.74. The Morgan fingerprint density at radius 3 is 2.62 bits per heavy atom. The van der Waals surface area contributed by atoms with Crippen LogP contribution in [-0.2, 0) is 14.3 Å². The first-order valence-electron chi connectivity index (χ1n) is 10.5. The van der Waals surface area contributed by atoms with E-state index in [0.717, 1.165) is 0 Å². The summed E-state index contributed by atoms with van der Waals surface area (Å²) in [6.07, 6.45) is 1.71. The molecule has 1 aliphatic heterocycles. The fourth-order valence-corrected chi connectivity index (χ4v) is 4.91. The van der Waals surface area contributed by atoms with Gasteiger partial charge >= 0.3 is 11.9 Å². The van der Waals surface area contributed by atoms with Crippen LogP contribution in [0, 0.1) is 0 Å². The Kier molecular flexibility index (Phi) is 6.81. The monoisotopic (exact) mass is 496 g/mol. The molecule has 0 bridgehead atoms. The number of halogens is 1. The second kappa shape index (κ2) is 9.79. The third-order valence-corrected chi connectivity index (χ3v) is 6.36. The molecule has 9 heteroatoms. The van der Waals surface area contributed by atoms with Crippen LogP contribution in [0.5, 0.6) is 5.75 Å². The molecule has 174 valence electrons. The van der Waals surface area contributed by atoms with Gasteiger partial charge in [0.1, 0.15) is 5.75 Å². The third kappa shape index (κ3) is 4.73. The van der Waals surface area contributed by atoms with Gasteiger partial charge in [0, 0.05) is 11.9 Å². The summed E-state index contributed by atoms with van der Waals surface area (Å²) >= 11 is 7.29. The van der Waals surface area contributed by atoms with E-state index in [1.54, 1.807) is 68.5 Å². The van der Waals surface area contributed by atoms with Crippen molar-refractivity contribution in [3.63, 3.8) is 0 Å². The van der Waals surface area contributed by atoms with Crippen molar-refractivity contribution in [2.45, 2.75) is 26.8 Å². The summed E-state index contributed by atoms with van der Waals surface area (Å²) < 4.78 is 12.4.